The average molecular weight is 536 g/mol. The second kappa shape index (κ2) is 9.02. The third-order valence-corrected chi connectivity index (χ3v) is 9.17. The minimum Gasteiger partial charge on any atom is -0.309 e. The number of benzene rings is 4. The van der Waals surface area contributed by atoms with E-state index in [9.17, 15) is 0 Å². The van der Waals surface area contributed by atoms with Crippen LogP contribution in [0.4, 0.5) is 0 Å². The van der Waals surface area contributed by atoms with Gasteiger partial charge in [-0.25, -0.2) is 4.98 Å². The van der Waals surface area contributed by atoms with Crippen LogP contribution in [0.25, 0.3) is 70.0 Å². The number of thiophene rings is 1. The Morgan fingerprint density at radius 1 is 0.667 bits per heavy atom. The van der Waals surface area contributed by atoms with Crippen LogP contribution in [0.5, 0.6) is 0 Å². The van der Waals surface area contributed by atoms with E-state index < -0.39 is 0 Å². The SMILES string of the molecule is c1ccc(-c2cccc(-n3c4cc(-c5nc6ccccc6s5)ccc4c4c(-c5cccs5)cccc43)c2)nc1. The Morgan fingerprint density at radius 2 is 1.59 bits per heavy atom. The molecule has 4 aromatic heterocycles. The topological polar surface area (TPSA) is 30.7 Å². The Labute approximate surface area is 233 Å². The second-order valence-electron chi connectivity index (χ2n) is 9.50. The Kier molecular flexibility index (Phi) is 5.18. The molecule has 184 valence electrons. The monoisotopic (exact) mass is 535 g/mol. The molecule has 0 saturated heterocycles. The lowest BCUT2D eigenvalue weighted by Gasteiger charge is -2.11. The van der Waals surface area contributed by atoms with Crippen molar-refractivity contribution in [1.29, 1.82) is 0 Å². The molecular weight excluding hydrogens is 515 g/mol. The summed E-state index contributed by atoms with van der Waals surface area (Å²) in [6, 6.07) is 40.9. The van der Waals surface area contributed by atoms with Gasteiger partial charge in [0.2, 0.25) is 0 Å². The third-order valence-electron chi connectivity index (χ3n) is 7.18. The van der Waals surface area contributed by atoms with Gasteiger partial charge in [-0.1, -0.05) is 60.7 Å². The summed E-state index contributed by atoms with van der Waals surface area (Å²) in [5.41, 5.74) is 8.98. The normalized spacial score (nSPS) is 11.6. The molecule has 0 saturated carbocycles. The first-order valence-corrected chi connectivity index (χ1v) is 14.5. The number of aromatic nitrogens is 3. The van der Waals surface area contributed by atoms with E-state index >= 15 is 0 Å². The van der Waals surface area contributed by atoms with Crippen molar-refractivity contribution in [2.45, 2.75) is 0 Å². The van der Waals surface area contributed by atoms with E-state index in [0.29, 0.717) is 0 Å². The molecule has 0 aliphatic rings. The maximum Gasteiger partial charge on any atom is 0.124 e. The number of pyridine rings is 1. The van der Waals surface area contributed by atoms with E-state index in [1.807, 2.05) is 24.4 Å². The third kappa shape index (κ3) is 3.70. The molecule has 8 rings (SSSR count). The van der Waals surface area contributed by atoms with E-state index in [1.54, 1.807) is 22.7 Å². The fraction of sp³-hybridized carbons (Fsp3) is 0. The highest BCUT2D eigenvalue weighted by Gasteiger charge is 2.18. The van der Waals surface area contributed by atoms with Gasteiger partial charge in [0.15, 0.2) is 0 Å². The summed E-state index contributed by atoms with van der Waals surface area (Å²) in [5, 5.41) is 5.70. The second-order valence-corrected chi connectivity index (χ2v) is 11.5. The van der Waals surface area contributed by atoms with Crippen molar-refractivity contribution in [3.05, 3.63) is 127 Å². The summed E-state index contributed by atoms with van der Waals surface area (Å²) in [7, 11) is 0. The lowest BCUT2D eigenvalue weighted by molar-refractivity contribution is 1.18. The quantitative estimate of drug-likeness (QED) is 0.224. The first-order valence-electron chi connectivity index (χ1n) is 12.8. The molecule has 0 spiro atoms. The summed E-state index contributed by atoms with van der Waals surface area (Å²) < 4.78 is 3.60. The Balaban J connectivity index is 1.43. The van der Waals surface area contributed by atoms with Crippen LogP contribution in [-0.4, -0.2) is 14.5 Å². The zero-order valence-corrected chi connectivity index (χ0v) is 22.4. The molecule has 0 radical (unpaired) electrons. The molecule has 0 aliphatic heterocycles. The number of nitrogens with zero attached hydrogens (tertiary/aromatic N) is 3. The van der Waals surface area contributed by atoms with E-state index in [-0.39, 0.29) is 0 Å². The maximum absolute atomic E-state index is 4.96. The lowest BCUT2D eigenvalue weighted by atomic mass is 10.0. The molecule has 0 N–H and O–H groups in total. The first-order chi connectivity index (χ1) is 19.3. The van der Waals surface area contributed by atoms with Gasteiger partial charge in [0.25, 0.3) is 0 Å². The van der Waals surface area contributed by atoms with Crippen molar-refractivity contribution >= 4 is 54.7 Å². The van der Waals surface area contributed by atoms with Crippen LogP contribution in [0.1, 0.15) is 0 Å². The van der Waals surface area contributed by atoms with Crippen molar-refractivity contribution in [1.82, 2.24) is 14.5 Å². The first kappa shape index (κ1) is 22.4. The van der Waals surface area contributed by atoms with Gasteiger partial charge in [0.05, 0.1) is 26.9 Å². The highest BCUT2D eigenvalue weighted by atomic mass is 32.1. The van der Waals surface area contributed by atoms with E-state index in [4.69, 9.17) is 4.98 Å². The molecule has 0 bridgehead atoms. The average Bonchev–Trinajstić information content (AvgIpc) is 3.75. The zero-order chi connectivity index (χ0) is 25.8. The number of para-hydroxylation sites is 1. The van der Waals surface area contributed by atoms with Crippen molar-refractivity contribution in [2.75, 3.05) is 0 Å². The molecule has 0 atom stereocenters. The van der Waals surface area contributed by atoms with E-state index in [2.05, 4.69) is 112 Å². The van der Waals surface area contributed by atoms with Gasteiger partial charge in [-0.15, -0.1) is 22.7 Å². The van der Waals surface area contributed by atoms with Crippen LogP contribution in [0, 0.1) is 0 Å². The van der Waals surface area contributed by atoms with Crippen molar-refractivity contribution < 1.29 is 0 Å². The summed E-state index contributed by atoms with van der Waals surface area (Å²) in [4.78, 5) is 10.8. The highest BCUT2D eigenvalue weighted by Crippen LogP contribution is 2.42. The fourth-order valence-corrected chi connectivity index (χ4v) is 7.17. The van der Waals surface area contributed by atoms with E-state index in [0.717, 1.165) is 33.0 Å². The Hall–Kier alpha value is -4.58. The number of hydrogen-bond acceptors (Lipinski definition) is 4. The highest BCUT2D eigenvalue weighted by molar-refractivity contribution is 7.21. The molecule has 4 heterocycles. The predicted octanol–water partition coefficient (Wildman–Crippen LogP) is 9.85. The summed E-state index contributed by atoms with van der Waals surface area (Å²) >= 11 is 3.52. The van der Waals surface area contributed by atoms with Crippen LogP contribution < -0.4 is 0 Å². The molecule has 0 amide bonds. The molecule has 8 aromatic rings. The smallest absolute Gasteiger partial charge is 0.124 e. The van der Waals surface area contributed by atoms with Gasteiger partial charge in [-0.05, 0) is 60.0 Å². The fourth-order valence-electron chi connectivity index (χ4n) is 5.45. The van der Waals surface area contributed by atoms with Crippen LogP contribution in [0.3, 0.4) is 0 Å². The number of thiazole rings is 1. The lowest BCUT2D eigenvalue weighted by Crippen LogP contribution is -1.95. The predicted molar refractivity (Wildman–Crippen MR) is 166 cm³/mol. The summed E-state index contributed by atoms with van der Waals surface area (Å²) in [5.74, 6) is 0. The zero-order valence-electron chi connectivity index (χ0n) is 20.8. The van der Waals surface area contributed by atoms with Crippen LogP contribution in [0.2, 0.25) is 0 Å². The van der Waals surface area contributed by atoms with Gasteiger partial charge >= 0.3 is 0 Å². The van der Waals surface area contributed by atoms with Crippen molar-refractivity contribution in [2.24, 2.45) is 0 Å². The van der Waals surface area contributed by atoms with Gasteiger partial charge < -0.3 is 4.57 Å². The van der Waals surface area contributed by atoms with Gasteiger partial charge in [0.1, 0.15) is 5.01 Å². The Morgan fingerprint density at radius 3 is 2.46 bits per heavy atom. The molecule has 4 aromatic carbocycles. The molecule has 0 aliphatic carbocycles. The summed E-state index contributed by atoms with van der Waals surface area (Å²) in [6.07, 6.45) is 1.85. The minimum atomic E-state index is 0.967. The molecule has 0 fully saturated rings. The molecular formula is C34H21N3S2. The van der Waals surface area contributed by atoms with Crippen LogP contribution in [-0.2, 0) is 0 Å². The van der Waals surface area contributed by atoms with Crippen LogP contribution >= 0.6 is 22.7 Å². The maximum atomic E-state index is 4.96. The number of rotatable bonds is 4. The number of fused-ring (bicyclic) bond motifs is 4. The van der Waals surface area contributed by atoms with Gasteiger partial charge in [-0.2, -0.15) is 0 Å². The standard InChI is InChI=1S/C34H21N3S2/c1-2-14-32-28(12-1)36-34(39-32)23-16-17-25-30(21-23)37(24-9-5-8-22(20-24)27-11-3-4-18-35-27)29-13-6-10-26(33(25)29)31-15-7-19-38-31/h1-21H. The van der Waals surface area contributed by atoms with Crippen molar-refractivity contribution in [3.63, 3.8) is 0 Å². The molecule has 0 unspecified atom stereocenters. The van der Waals surface area contributed by atoms with Crippen LogP contribution in [0.15, 0.2) is 127 Å². The van der Waals surface area contributed by atoms with Gasteiger partial charge in [0, 0.05) is 44.2 Å². The largest absolute Gasteiger partial charge is 0.309 e. The van der Waals surface area contributed by atoms with Gasteiger partial charge in [-0.3, -0.25) is 4.98 Å². The van der Waals surface area contributed by atoms with Crippen molar-refractivity contribution in [3.8, 4) is 38.0 Å². The van der Waals surface area contributed by atoms with E-state index in [1.165, 1.54) is 36.9 Å². The number of hydrogen-bond donors (Lipinski definition) is 0. The molecule has 5 heteroatoms. The summed E-state index contributed by atoms with van der Waals surface area (Å²) in [6.45, 7) is 0. The molecule has 39 heavy (non-hydrogen) atoms. The Bertz CT molecular complexity index is 2090. The minimum absolute atomic E-state index is 0.967. The molecule has 3 nitrogen and oxygen atoms in total.